The summed E-state index contributed by atoms with van der Waals surface area (Å²) in [4.78, 5) is 8.49. The topological polar surface area (TPSA) is 47.7 Å². The number of aromatic nitrogens is 4. The summed E-state index contributed by atoms with van der Waals surface area (Å²) in [6.07, 6.45) is 8.71. The Labute approximate surface area is 102 Å². The Hall–Kier alpha value is -1.62. The maximum Gasteiger partial charge on any atom is 0.123 e. The van der Waals surface area contributed by atoms with Gasteiger partial charge in [-0.1, -0.05) is 6.92 Å². The van der Waals surface area contributed by atoms with Gasteiger partial charge in [-0.3, -0.25) is 0 Å². The zero-order valence-electron chi connectivity index (χ0n) is 10.4. The van der Waals surface area contributed by atoms with E-state index in [1.807, 2.05) is 36.5 Å². The third-order valence-corrected chi connectivity index (χ3v) is 2.76. The van der Waals surface area contributed by atoms with Crippen molar-refractivity contribution in [3.8, 4) is 0 Å². The number of nitrogens with zero attached hydrogens (tertiary/aromatic N) is 4. The Balaban J connectivity index is 2.01. The van der Waals surface area contributed by atoms with Crippen LogP contribution in [0.15, 0.2) is 24.9 Å². The molecule has 2 aromatic rings. The summed E-state index contributed by atoms with van der Waals surface area (Å²) in [6.45, 7) is 4.83. The molecule has 0 saturated heterocycles. The van der Waals surface area contributed by atoms with Crippen molar-refractivity contribution in [1.82, 2.24) is 24.4 Å². The molecule has 1 N–H and O–H groups in total. The summed E-state index contributed by atoms with van der Waals surface area (Å²) >= 11 is 0. The largest absolute Gasteiger partial charge is 0.336 e. The second-order valence-electron chi connectivity index (χ2n) is 4.14. The summed E-state index contributed by atoms with van der Waals surface area (Å²) in [5.74, 6) is 1.07. The van der Waals surface area contributed by atoms with Crippen LogP contribution in [-0.4, -0.2) is 25.6 Å². The van der Waals surface area contributed by atoms with Crippen molar-refractivity contribution in [2.75, 3.05) is 6.54 Å². The smallest absolute Gasteiger partial charge is 0.123 e. The Morgan fingerprint density at radius 3 is 3.00 bits per heavy atom. The van der Waals surface area contributed by atoms with E-state index in [4.69, 9.17) is 0 Å². The van der Waals surface area contributed by atoms with Crippen LogP contribution in [0.4, 0.5) is 0 Å². The van der Waals surface area contributed by atoms with E-state index < -0.39 is 0 Å². The molecule has 2 heterocycles. The minimum absolute atomic E-state index is 0.818. The number of aryl methyl sites for hydroxylation is 1. The molecule has 5 heteroatoms. The van der Waals surface area contributed by atoms with E-state index in [1.54, 1.807) is 0 Å². The first-order valence-corrected chi connectivity index (χ1v) is 5.97. The maximum absolute atomic E-state index is 4.37. The molecule has 2 aromatic heterocycles. The molecule has 0 aliphatic rings. The van der Waals surface area contributed by atoms with Gasteiger partial charge in [-0.25, -0.2) is 9.97 Å². The van der Waals surface area contributed by atoms with Gasteiger partial charge in [0, 0.05) is 25.6 Å². The number of nitrogens with one attached hydrogen (secondary N) is 1. The standard InChI is InChI=1S/C12H19N5/c1-3-4-13-8-12-15-5-6-17(12)9-11-7-14-10-16(11)2/h5-7,10,13H,3-4,8-9H2,1-2H3. The van der Waals surface area contributed by atoms with Crippen molar-refractivity contribution in [1.29, 1.82) is 0 Å². The molecular weight excluding hydrogens is 214 g/mol. The van der Waals surface area contributed by atoms with Crippen LogP contribution in [0.2, 0.25) is 0 Å². The number of rotatable bonds is 6. The summed E-state index contributed by atoms with van der Waals surface area (Å²) in [5, 5.41) is 3.37. The SMILES string of the molecule is CCCNCc1nccn1Cc1cncn1C. The molecule has 0 aliphatic carbocycles. The molecule has 0 amide bonds. The Morgan fingerprint density at radius 1 is 1.41 bits per heavy atom. The van der Waals surface area contributed by atoms with Crippen LogP contribution >= 0.6 is 0 Å². The average Bonchev–Trinajstić information content (AvgIpc) is 2.91. The van der Waals surface area contributed by atoms with Gasteiger partial charge in [-0.05, 0) is 13.0 Å². The molecule has 0 aromatic carbocycles. The van der Waals surface area contributed by atoms with Crippen LogP contribution in [0.25, 0.3) is 0 Å². The van der Waals surface area contributed by atoms with Crippen LogP contribution in [0.3, 0.4) is 0 Å². The molecule has 0 bridgehead atoms. The quantitative estimate of drug-likeness (QED) is 0.762. The highest BCUT2D eigenvalue weighted by atomic mass is 15.1. The lowest BCUT2D eigenvalue weighted by atomic mass is 10.4. The lowest BCUT2D eigenvalue weighted by Crippen LogP contribution is -2.18. The van der Waals surface area contributed by atoms with Gasteiger partial charge in [0.05, 0.1) is 25.1 Å². The fourth-order valence-electron chi connectivity index (χ4n) is 1.74. The average molecular weight is 233 g/mol. The van der Waals surface area contributed by atoms with Crippen LogP contribution in [0, 0.1) is 0 Å². The molecule has 0 spiro atoms. The lowest BCUT2D eigenvalue weighted by Gasteiger charge is -2.08. The van der Waals surface area contributed by atoms with Crippen molar-refractivity contribution < 1.29 is 0 Å². The predicted molar refractivity (Wildman–Crippen MR) is 66.5 cm³/mol. The molecule has 0 aliphatic heterocycles. The van der Waals surface area contributed by atoms with Gasteiger partial charge in [0.15, 0.2) is 0 Å². The Morgan fingerprint density at radius 2 is 2.29 bits per heavy atom. The fraction of sp³-hybridized carbons (Fsp3) is 0.500. The summed E-state index contributed by atoms with van der Waals surface area (Å²) in [7, 11) is 2.01. The second kappa shape index (κ2) is 5.63. The Bertz CT molecular complexity index is 457. The first-order valence-electron chi connectivity index (χ1n) is 5.97. The zero-order chi connectivity index (χ0) is 12.1. The number of hydrogen-bond acceptors (Lipinski definition) is 3. The van der Waals surface area contributed by atoms with Crippen molar-refractivity contribution in [3.05, 3.63) is 36.4 Å². The molecule has 2 rings (SSSR count). The van der Waals surface area contributed by atoms with Crippen molar-refractivity contribution in [2.24, 2.45) is 7.05 Å². The van der Waals surface area contributed by atoms with Gasteiger partial charge in [-0.2, -0.15) is 0 Å². The monoisotopic (exact) mass is 233 g/mol. The molecule has 0 radical (unpaired) electrons. The van der Waals surface area contributed by atoms with Crippen LogP contribution in [0.5, 0.6) is 0 Å². The van der Waals surface area contributed by atoms with Crippen molar-refractivity contribution in [3.63, 3.8) is 0 Å². The highest BCUT2D eigenvalue weighted by Crippen LogP contribution is 2.04. The van der Waals surface area contributed by atoms with Gasteiger partial charge >= 0.3 is 0 Å². The van der Waals surface area contributed by atoms with Gasteiger partial charge in [0.25, 0.3) is 0 Å². The highest BCUT2D eigenvalue weighted by molar-refractivity contribution is 5.02. The van der Waals surface area contributed by atoms with Gasteiger partial charge in [0.2, 0.25) is 0 Å². The minimum atomic E-state index is 0.818. The lowest BCUT2D eigenvalue weighted by molar-refractivity contribution is 0.606. The van der Waals surface area contributed by atoms with Crippen LogP contribution < -0.4 is 5.32 Å². The van der Waals surface area contributed by atoms with Gasteiger partial charge in [-0.15, -0.1) is 0 Å². The summed E-state index contributed by atoms with van der Waals surface area (Å²) < 4.78 is 4.18. The molecule has 92 valence electrons. The molecule has 0 fully saturated rings. The minimum Gasteiger partial charge on any atom is -0.336 e. The molecular formula is C12H19N5. The van der Waals surface area contributed by atoms with E-state index in [-0.39, 0.29) is 0 Å². The maximum atomic E-state index is 4.37. The van der Waals surface area contributed by atoms with Crippen LogP contribution in [-0.2, 0) is 20.1 Å². The Kier molecular flexibility index (Phi) is 3.93. The second-order valence-corrected chi connectivity index (χ2v) is 4.14. The van der Waals surface area contributed by atoms with E-state index in [1.165, 1.54) is 5.69 Å². The summed E-state index contributed by atoms with van der Waals surface area (Å²) in [6, 6.07) is 0. The van der Waals surface area contributed by atoms with Crippen molar-refractivity contribution >= 4 is 0 Å². The molecule has 0 atom stereocenters. The van der Waals surface area contributed by atoms with Crippen LogP contribution in [0.1, 0.15) is 24.9 Å². The normalized spacial score (nSPS) is 10.9. The predicted octanol–water partition coefficient (Wildman–Crippen LogP) is 1.16. The number of imidazole rings is 2. The van der Waals surface area contributed by atoms with E-state index in [2.05, 4.69) is 26.8 Å². The first-order chi connectivity index (χ1) is 8.31. The number of hydrogen-bond donors (Lipinski definition) is 1. The third kappa shape index (κ3) is 2.94. The molecule has 0 saturated carbocycles. The van der Waals surface area contributed by atoms with E-state index >= 15 is 0 Å². The molecule has 5 nitrogen and oxygen atoms in total. The fourth-order valence-corrected chi connectivity index (χ4v) is 1.74. The van der Waals surface area contributed by atoms with E-state index in [0.29, 0.717) is 0 Å². The molecule has 17 heavy (non-hydrogen) atoms. The van der Waals surface area contributed by atoms with E-state index in [9.17, 15) is 0 Å². The van der Waals surface area contributed by atoms with Gasteiger partial charge in [0.1, 0.15) is 5.82 Å². The molecule has 0 unspecified atom stereocenters. The third-order valence-electron chi connectivity index (χ3n) is 2.76. The summed E-state index contributed by atoms with van der Waals surface area (Å²) in [5.41, 5.74) is 1.18. The van der Waals surface area contributed by atoms with E-state index in [0.717, 1.165) is 31.9 Å². The zero-order valence-corrected chi connectivity index (χ0v) is 10.4. The highest BCUT2D eigenvalue weighted by Gasteiger charge is 2.05. The van der Waals surface area contributed by atoms with Crippen molar-refractivity contribution in [2.45, 2.75) is 26.4 Å². The van der Waals surface area contributed by atoms with Gasteiger partial charge < -0.3 is 14.5 Å². The first kappa shape index (κ1) is 11.9.